The number of rotatable bonds is 8. The van der Waals surface area contributed by atoms with Crippen LogP contribution in [0.4, 0.5) is 0 Å². The topological polar surface area (TPSA) is 104 Å². The van der Waals surface area contributed by atoms with Crippen molar-refractivity contribution in [1.82, 2.24) is 19.8 Å². The van der Waals surface area contributed by atoms with E-state index in [4.69, 9.17) is 26.7 Å². The SMILES string of the molecule is O=C(O)CCCCc1nc2cc(C(=O)N3CCC(N4Cc5ccccc5C4=O)CC3)ccc2nc1-c1ccc(Cl)cc1. The Bertz CT molecular complexity index is 1660. The number of aromatic nitrogens is 2. The van der Waals surface area contributed by atoms with Gasteiger partial charge in [0, 0.05) is 53.8 Å². The van der Waals surface area contributed by atoms with E-state index in [0.717, 1.165) is 40.9 Å². The Balaban J connectivity index is 1.19. The molecule has 3 heterocycles. The Kier molecular flexibility index (Phi) is 7.89. The number of carbonyl (C=O) groups excluding carboxylic acids is 2. The molecule has 42 heavy (non-hydrogen) atoms. The average Bonchev–Trinajstić information content (AvgIpc) is 3.35. The predicted octanol–water partition coefficient (Wildman–Crippen LogP) is 6.01. The molecule has 9 heteroatoms. The average molecular weight is 583 g/mol. The van der Waals surface area contributed by atoms with E-state index in [1.54, 1.807) is 24.3 Å². The van der Waals surface area contributed by atoms with Gasteiger partial charge in [-0.25, -0.2) is 9.97 Å². The van der Waals surface area contributed by atoms with E-state index in [2.05, 4.69) is 0 Å². The molecule has 0 spiro atoms. The van der Waals surface area contributed by atoms with E-state index in [1.165, 1.54) is 0 Å². The molecular weight excluding hydrogens is 552 g/mol. The zero-order valence-electron chi connectivity index (χ0n) is 23.1. The van der Waals surface area contributed by atoms with E-state index < -0.39 is 5.97 Å². The molecule has 8 nitrogen and oxygen atoms in total. The molecule has 0 saturated carbocycles. The maximum absolute atomic E-state index is 13.5. The molecule has 0 unspecified atom stereocenters. The van der Waals surface area contributed by atoms with Crippen LogP contribution >= 0.6 is 11.6 Å². The standard InChI is InChI=1S/C33H31ClN4O4/c34-24-12-9-21(10-13-24)31-28(7-3-4-8-30(39)40)35-29-19-22(11-14-27(29)36-31)32(41)37-17-15-25(16-18-37)38-20-23-5-1-2-6-26(23)33(38)42/h1-2,5-6,9-14,19,25H,3-4,7-8,15-18,20H2,(H,39,40). The minimum atomic E-state index is -0.818. The number of amides is 2. The number of nitrogens with zero attached hydrogens (tertiary/aromatic N) is 4. The lowest BCUT2D eigenvalue weighted by Gasteiger charge is -2.36. The molecule has 214 valence electrons. The number of aliphatic carboxylic acids is 1. The third-order valence-corrected chi connectivity index (χ3v) is 8.45. The second kappa shape index (κ2) is 11.9. The van der Waals surface area contributed by atoms with Gasteiger partial charge in [-0.2, -0.15) is 0 Å². The first-order valence-corrected chi connectivity index (χ1v) is 14.7. The van der Waals surface area contributed by atoms with Gasteiger partial charge in [0.1, 0.15) is 0 Å². The minimum absolute atomic E-state index is 0.0574. The van der Waals surface area contributed by atoms with Crippen molar-refractivity contribution in [3.63, 3.8) is 0 Å². The zero-order chi connectivity index (χ0) is 29.2. The summed E-state index contributed by atoms with van der Waals surface area (Å²) in [5.74, 6) is -0.792. The monoisotopic (exact) mass is 582 g/mol. The van der Waals surface area contributed by atoms with E-state index in [9.17, 15) is 14.4 Å². The highest BCUT2D eigenvalue weighted by Gasteiger charge is 2.35. The molecule has 0 aliphatic carbocycles. The van der Waals surface area contributed by atoms with Gasteiger partial charge in [-0.15, -0.1) is 0 Å². The molecule has 1 N–H and O–H groups in total. The summed E-state index contributed by atoms with van der Waals surface area (Å²) in [6.07, 6.45) is 3.35. The third-order valence-electron chi connectivity index (χ3n) is 8.20. The number of carboxylic acid groups (broad SMARTS) is 1. The number of benzene rings is 3. The van der Waals surface area contributed by atoms with Gasteiger partial charge < -0.3 is 14.9 Å². The van der Waals surface area contributed by atoms with Crippen molar-refractivity contribution >= 4 is 40.4 Å². The van der Waals surface area contributed by atoms with Crippen LogP contribution < -0.4 is 0 Å². The number of hydrogen-bond acceptors (Lipinski definition) is 5. The van der Waals surface area contributed by atoms with Crippen LogP contribution in [0, 0.1) is 0 Å². The van der Waals surface area contributed by atoms with Gasteiger partial charge in [-0.05, 0) is 74.1 Å². The highest BCUT2D eigenvalue weighted by molar-refractivity contribution is 6.30. The number of likely N-dealkylation sites (tertiary alicyclic amines) is 1. The number of carbonyl (C=O) groups is 3. The molecule has 1 saturated heterocycles. The van der Waals surface area contributed by atoms with Crippen LogP contribution in [-0.2, 0) is 17.8 Å². The number of halogens is 1. The van der Waals surface area contributed by atoms with E-state index >= 15 is 0 Å². The van der Waals surface area contributed by atoms with Crippen LogP contribution in [0.15, 0.2) is 66.7 Å². The first-order chi connectivity index (χ1) is 20.4. The van der Waals surface area contributed by atoms with Crippen molar-refractivity contribution in [3.05, 3.63) is 94.1 Å². The molecule has 2 amide bonds. The molecule has 1 fully saturated rings. The summed E-state index contributed by atoms with van der Waals surface area (Å²) in [5.41, 5.74) is 6.08. The van der Waals surface area contributed by atoms with Gasteiger partial charge in [0.25, 0.3) is 11.8 Å². The number of hydrogen-bond donors (Lipinski definition) is 1. The maximum atomic E-state index is 13.5. The molecule has 1 aromatic heterocycles. The largest absolute Gasteiger partial charge is 0.481 e. The van der Waals surface area contributed by atoms with Crippen molar-refractivity contribution in [2.24, 2.45) is 0 Å². The van der Waals surface area contributed by atoms with E-state index in [1.807, 2.05) is 52.3 Å². The lowest BCUT2D eigenvalue weighted by Crippen LogP contribution is -2.46. The Morgan fingerprint density at radius 1 is 0.929 bits per heavy atom. The molecule has 0 bridgehead atoms. The van der Waals surface area contributed by atoms with Crippen LogP contribution in [0.1, 0.15) is 64.1 Å². The van der Waals surface area contributed by atoms with Gasteiger partial charge in [-0.1, -0.05) is 41.9 Å². The number of piperidine rings is 1. The van der Waals surface area contributed by atoms with Crippen molar-refractivity contribution in [2.45, 2.75) is 51.1 Å². The predicted molar refractivity (Wildman–Crippen MR) is 160 cm³/mol. The van der Waals surface area contributed by atoms with Crippen LogP contribution in [0.25, 0.3) is 22.3 Å². The molecule has 4 aromatic rings. The Morgan fingerprint density at radius 3 is 2.43 bits per heavy atom. The maximum Gasteiger partial charge on any atom is 0.303 e. The van der Waals surface area contributed by atoms with Crippen LogP contribution in [0.2, 0.25) is 5.02 Å². The molecule has 6 rings (SSSR count). The Morgan fingerprint density at radius 2 is 1.69 bits per heavy atom. The minimum Gasteiger partial charge on any atom is -0.481 e. The molecule has 0 atom stereocenters. The highest BCUT2D eigenvalue weighted by Crippen LogP contribution is 2.30. The number of fused-ring (bicyclic) bond motifs is 2. The fraction of sp³-hybridized carbons (Fsp3) is 0.303. The molecule has 2 aliphatic heterocycles. The van der Waals surface area contributed by atoms with Crippen molar-refractivity contribution < 1.29 is 19.5 Å². The summed E-state index contributed by atoms with van der Waals surface area (Å²) < 4.78 is 0. The Hall–Kier alpha value is -4.30. The van der Waals surface area contributed by atoms with Gasteiger partial charge >= 0.3 is 5.97 Å². The lowest BCUT2D eigenvalue weighted by atomic mass is 10.0. The lowest BCUT2D eigenvalue weighted by molar-refractivity contribution is -0.137. The third kappa shape index (κ3) is 5.72. The van der Waals surface area contributed by atoms with Gasteiger partial charge in [0.15, 0.2) is 0 Å². The second-order valence-electron chi connectivity index (χ2n) is 10.9. The summed E-state index contributed by atoms with van der Waals surface area (Å²) in [5, 5.41) is 9.65. The quantitative estimate of drug-likeness (QED) is 0.255. The van der Waals surface area contributed by atoms with Gasteiger partial charge in [-0.3, -0.25) is 14.4 Å². The zero-order valence-corrected chi connectivity index (χ0v) is 23.9. The molecule has 2 aliphatic rings. The summed E-state index contributed by atoms with van der Waals surface area (Å²) in [4.78, 5) is 51.1. The van der Waals surface area contributed by atoms with E-state index in [-0.39, 0.29) is 24.3 Å². The molecular formula is C33H31ClN4O4. The molecule has 0 radical (unpaired) electrons. The van der Waals surface area contributed by atoms with Crippen molar-refractivity contribution in [1.29, 1.82) is 0 Å². The summed E-state index contributed by atoms with van der Waals surface area (Å²) in [7, 11) is 0. The van der Waals surface area contributed by atoms with Crippen molar-refractivity contribution in [3.8, 4) is 11.3 Å². The number of aryl methyl sites for hydroxylation is 1. The number of unbranched alkanes of at least 4 members (excludes halogenated alkanes) is 1. The van der Waals surface area contributed by atoms with Crippen LogP contribution in [0.3, 0.4) is 0 Å². The highest BCUT2D eigenvalue weighted by atomic mass is 35.5. The van der Waals surface area contributed by atoms with Crippen molar-refractivity contribution in [2.75, 3.05) is 13.1 Å². The fourth-order valence-corrected chi connectivity index (χ4v) is 6.07. The fourth-order valence-electron chi connectivity index (χ4n) is 5.94. The first-order valence-electron chi connectivity index (χ1n) is 14.3. The second-order valence-corrected chi connectivity index (χ2v) is 11.4. The summed E-state index contributed by atoms with van der Waals surface area (Å²) >= 11 is 6.10. The summed E-state index contributed by atoms with van der Waals surface area (Å²) in [6, 6.07) is 20.7. The Labute approximate surface area is 249 Å². The smallest absolute Gasteiger partial charge is 0.303 e. The van der Waals surface area contributed by atoms with Crippen LogP contribution in [0.5, 0.6) is 0 Å². The first kappa shape index (κ1) is 27.8. The molecule has 3 aromatic carbocycles. The van der Waals surface area contributed by atoms with Crippen LogP contribution in [-0.4, -0.2) is 61.8 Å². The normalized spacial score (nSPS) is 15.3. The summed E-state index contributed by atoms with van der Waals surface area (Å²) in [6.45, 7) is 1.79. The van der Waals surface area contributed by atoms with E-state index in [0.29, 0.717) is 60.5 Å². The van der Waals surface area contributed by atoms with Gasteiger partial charge in [0.2, 0.25) is 0 Å². The van der Waals surface area contributed by atoms with Gasteiger partial charge in [0.05, 0.1) is 22.4 Å². The number of carboxylic acids is 1.